The lowest BCUT2D eigenvalue weighted by Gasteiger charge is -2.40. The molecule has 7 heteroatoms. The van der Waals surface area contributed by atoms with Gasteiger partial charge in [-0.1, -0.05) is 268 Å². The molecule has 64 heavy (non-hydrogen) atoms. The molecule has 0 aliphatic heterocycles. The SMILES string of the molecule is CCCC[Si](CCCC)(CCCC)c1ccc(P(c2ccc([Si](CCCC)(CCCC)CCCC)cc2)N(Cc2ccccc2)P(c2ccccc2OC)c2ccccc2OC)cc1. The van der Waals surface area contributed by atoms with Gasteiger partial charge in [-0.15, -0.1) is 0 Å². The van der Waals surface area contributed by atoms with Crippen molar-refractivity contribution in [2.24, 2.45) is 0 Å². The van der Waals surface area contributed by atoms with Crippen LogP contribution < -0.4 is 41.1 Å². The van der Waals surface area contributed by atoms with E-state index in [1.807, 2.05) is 14.2 Å². The second kappa shape index (κ2) is 27.6. The molecule has 346 valence electrons. The summed E-state index contributed by atoms with van der Waals surface area (Å²) in [6.45, 7) is 15.1. The Labute approximate surface area is 395 Å². The summed E-state index contributed by atoms with van der Waals surface area (Å²) in [5.41, 5.74) is 1.32. The van der Waals surface area contributed by atoms with Crippen LogP contribution in [0.1, 0.15) is 124 Å². The van der Waals surface area contributed by atoms with E-state index in [-0.39, 0.29) is 0 Å². The predicted octanol–water partition coefficient (Wildman–Crippen LogP) is 14.7. The van der Waals surface area contributed by atoms with E-state index in [1.165, 1.54) is 140 Å². The highest BCUT2D eigenvalue weighted by Gasteiger charge is 2.38. The van der Waals surface area contributed by atoms with Gasteiger partial charge in [-0.05, 0) is 40.4 Å². The average molecular weight is 932 g/mol. The summed E-state index contributed by atoms with van der Waals surface area (Å²) in [6, 6.07) is 58.0. The molecule has 0 aliphatic carbocycles. The summed E-state index contributed by atoms with van der Waals surface area (Å²) < 4.78 is 15.4. The zero-order valence-electron chi connectivity index (χ0n) is 41.2. The molecule has 0 unspecified atom stereocenters. The van der Waals surface area contributed by atoms with Crippen LogP contribution in [0.4, 0.5) is 0 Å². The number of benzene rings is 5. The van der Waals surface area contributed by atoms with E-state index in [4.69, 9.17) is 9.47 Å². The van der Waals surface area contributed by atoms with Crippen LogP contribution in [0, 0.1) is 0 Å². The van der Waals surface area contributed by atoms with Crippen LogP contribution in [-0.2, 0) is 6.54 Å². The smallest absolute Gasteiger partial charge is 0.128 e. The maximum atomic E-state index is 6.28. The Kier molecular flexibility index (Phi) is 22.4. The van der Waals surface area contributed by atoms with Crippen molar-refractivity contribution in [1.82, 2.24) is 4.44 Å². The summed E-state index contributed by atoms with van der Waals surface area (Å²) in [4.78, 5) is 0. The standard InChI is InChI=1S/C57H83NO2P2Si2/c1-9-15-42-63(43-16-10-2,44-17-11-3)52-38-34-50(35-39-52)61(51-36-40-53(41-37-51)64(45-18-12-4,46-19-13-5)47-20-14-6)58(48-49-28-22-21-23-29-49)62(56-32-26-24-30-54(56)59-7)57-33-27-25-31-55(57)60-8/h21-41H,9-20,42-48H2,1-8H3. The van der Waals surface area contributed by atoms with Gasteiger partial charge in [0.15, 0.2) is 0 Å². The number of unbranched alkanes of at least 4 members (excludes halogenated alkanes) is 6. The summed E-state index contributed by atoms with van der Waals surface area (Å²) >= 11 is 0. The molecular formula is C57H83NO2P2Si2. The molecule has 0 saturated heterocycles. The highest BCUT2D eigenvalue weighted by atomic mass is 31.2. The Morgan fingerprint density at radius 1 is 0.391 bits per heavy atom. The van der Waals surface area contributed by atoms with E-state index in [0.717, 1.165) is 18.0 Å². The van der Waals surface area contributed by atoms with E-state index < -0.39 is 32.3 Å². The Morgan fingerprint density at radius 2 is 0.719 bits per heavy atom. The summed E-state index contributed by atoms with van der Waals surface area (Å²) in [7, 11) is -1.95. The number of rotatable bonds is 30. The summed E-state index contributed by atoms with van der Waals surface area (Å²) in [6.07, 6.45) is 15.7. The Hall–Kier alpha value is -3.05. The van der Waals surface area contributed by atoms with Crippen LogP contribution in [0.2, 0.25) is 36.3 Å². The second-order valence-electron chi connectivity index (χ2n) is 18.3. The van der Waals surface area contributed by atoms with Crippen molar-refractivity contribution in [1.29, 1.82) is 0 Å². The molecule has 5 aromatic rings. The van der Waals surface area contributed by atoms with E-state index in [0.29, 0.717) is 0 Å². The molecule has 0 amide bonds. The molecule has 0 radical (unpaired) electrons. The second-order valence-corrected chi connectivity index (χ2v) is 32.1. The van der Waals surface area contributed by atoms with Crippen molar-refractivity contribution in [2.75, 3.05) is 14.2 Å². The zero-order valence-corrected chi connectivity index (χ0v) is 45.0. The van der Waals surface area contributed by atoms with Crippen molar-refractivity contribution >= 4 is 63.9 Å². The van der Waals surface area contributed by atoms with Crippen LogP contribution in [0.5, 0.6) is 11.5 Å². The van der Waals surface area contributed by atoms with E-state index in [1.54, 1.807) is 10.4 Å². The van der Waals surface area contributed by atoms with E-state index in [2.05, 4.69) is 173 Å². The number of methoxy groups -OCH3 is 2. The summed E-state index contributed by atoms with van der Waals surface area (Å²) in [5, 5.41) is 8.66. The zero-order chi connectivity index (χ0) is 45.6. The minimum absolute atomic E-state index is 0.794. The Bertz CT molecular complexity index is 1880. The van der Waals surface area contributed by atoms with Gasteiger partial charge in [-0.2, -0.15) is 0 Å². The fourth-order valence-corrected chi connectivity index (χ4v) is 27.3. The molecule has 0 spiro atoms. The highest BCUT2D eigenvalue weighted by Crippen LogP contribution is 2.57. The monoisotopic (exact) mass is 932 g/mol. The molecule has 0 atom stereocenters. The van der Waals surface area contributed by atoms with Gasteiger partial charge in [0.05, 0.1) is 30.4 Å². The first-order valence-electron chi connectivity index (χ1n) is 25.3. The molecule has 3 nitrogen and oxygen atoms in total. The minimum Gasteiger partial charge on any atom is -0.496 e. The van der Waals surface area contributed by atoms with E-state index >= 15 is 0 Å². The van der Waals surface area contributed by atoms with Crippen molar-refractivity contribution < 1.29 is 9.47 Å². The number of hydrogen-bond acceptors (Lipinski definition) is 3. The molecule has 0 heterocycles. The first-order chi connectivity index (χ1) is 31.4. The van der Waals surface area contributed by atoms with Gasteiger partial charge < -0.3 is 9.47 Å². The fraction of sp³-hybridized carbons (Fsp3) is 0.474. The lowest BCUT2D eigenvalue weighted by atomic mass is 10.2. The summed E-state index contributed by atoms with van der Waals surface area (Å²) in [5.74, 6) is 1.85. The van der Waals surface area contributed by atoms with Gasteiger partial charge in [0.25, 0.3) is 0 Å². The number of hydrogen-bond donors (Lipinski definition) is 0. The molecule has 0 N–H and O–H groups in total. The molecule has 0 aliphatic rings. The van der Waals surface area contributed by atoms with Gasteiger partial charge >= 0.3 is 0 Å². The topological polar surface area (TPSA) is 21.7 Å². The first kappa shape index (κ1) is 51.9. The fourth-order valence-electron chi connectivity index (χ4n) is 10.0. The van der Waals surface area contributed by atoms with Gasteiger partial charge in [-0.3, -0.25) is 0 Å². The molecule has 0 aromatic heterocycles. The minimum atomic E-state index is -1.70. The Balaban J connectivity index is 1.82. The lowest BCUT2D eigenvalue weighted by molar-refractivity contribution is 0.417. The van der Waals surface area contributed by atoms with Crippen LogP contribution in [0.3, 0.4) is 0 Å². The van der Waals surface area contributed by atoms with Crippen LogP contribution in [0.25, 0.3) is 0 Å². The molecule has 0 bridgehead atoms. The van der Waals surface area contributed by atoms with Crippen molar-refractivity contribution in [3.05, 3.63) is 133 Å². The number of para-hydroxylation sites is 2. The van der Waals surface area contributed by atoms with Gasteiger partial charge in [0.1, 0.15) is 11.5 Å². The maximum Gasteiger partial charge on any atom is 0.128 e. The lowest BCUT2D eigenvalue weighted by Crippen LogP contribution is -2.48. The van der Waals surface area contributed by atoms with Gasteiger partial charge in [0.2, 0.25) is 0 Å². The molecule has 5 rings (SSSR count). The third-order valence-corrected chi connectivity index (χ3v) is 30.2. The van der Waals surface area contributed by atoms with Crippen LogP contribution in [-0.4, -0.2) is 34.8 Å². The third-order valence-electron chi connectivity index (χ3n) is 13.8. The van der Waals surface area contributed by atoms with Crippen LogP contribution in [0.15, 0.2) is 127 Å². The molecule has 5 aromatic carbocycles. The highest BCUT2D eigenvalue weighted by molar-refractivity contribution is 7.84. The number of ether oxygens (including phenoxy) is 2. The van der Waals surface area contributed by atoms with Crippen molar-refractivity contribution in [3.8, 4) is 11.5 Å². The predicted molar refractivity (Wildman–Crippen MR) is 292 cm³/mol. The largest absolute Gasteiger partial charge is 0.496 e. The molecule has 0 saturated carbocycles. The third kappa shape index (κ3) is 13.5. The molecular weight excluding hydrogens is 849 g/mol. The average Bonchev–Trinajstić information content (AvgIpc) is 3.35. The van der Waals surface area contributed by atoms with Crippen LogP contribution >= 0.6 is 16.1 Å². The normalized spacial score (nSPS) is 12.1. The maximum absolute atomic E-state index is 6.28. The van der Waals surface area contributed by atoms with E-state index in [9.17, 15) is 0 Å². The van der Waals surface area contributed by atoms with Gasteiger partial charge in [-0.25, -0.2) is 4.44 Å². The first-order valence-corrected chi connectivity index (χ1v) is 33.1. The van der Waals surface area contributed by atoms with Crippen molar-refractivity contribution in [3.63, 3.8) is 0 Å². The quantitative estimate of drug-likeness (QED) is 0.0338. The van der Waals surface area contributed by atoms with Crippen molar-refractivity contribution in [2.45, 2.75) is 161 Å². The Morgan fingerprint density at radius 3 is 1.05 bits per heavy atom. The van der Waals surface area contributed by atoms with Gasteiger partial charge in [0, 0.05) is 33.3 Å². The molecule has 0 fully saturated rings. The number of nitrogens with zero attached hydrogens (tertiary/aromatic N) is 1.